The van der Waals surface area contributed by atoms with Crippen LogP contribution >= 0.6 is 0 Å². The van der Waals surface area contributed by atoms with E-state index in [1.165, 1.54) is 5.69 Å². The van der Waals surface area contributed by atoms with Gasteiger partial charge in [0.2, 0.25) is 0 Å². The van der Waals surface area contributed by atoms with E-state index in [2.05, 4.69) is 51.7 Å². The van der Waals surface area contributed by atoms with Crippen LogP contribution in [0.4, 0.5) is 5.69 Å². The number of hydrogen-bond donors (Lipinski definition) is 3. The van der Waals surface area contributed by atoms with Crippen molar-refractivity contribution in [3.05, 3.63) is 54.1 Å². The highest BCUT2D eigenvalue weighted by Gasteiger charge is 2.21. The fraction of sp³-hybridized carbons (Fsp3) is 0.409. The van der Waals surface area contributed by atoms with Gasteiger partial charge < -0.3 is 25.4 Å². The Kier molecular flexibility index (Phi) is 7.00. The molecule has 1 fully saturated rings. The highest BCUT2D eigenvalue weighted by molar-refractivity contribution is 5.80. The molecule has 2 aromatic carbocycles. The zero-order chi connectivity index (χ0) is 19.8. The van der Waals surface area contributed by atoms with Crippen LogP contribution in [-0.4, -0.2) is 43.9 Å². The molecule has 1 unspecified atom stereocenters. The Morgan fingerprint density at radius 3 is 2.82 bits per heavy atom. The maximum Gasteiger partial charge on any atom is 0.191 e. The number of phenols is 1. The van der Waals surface area contributed by atoms with E-state index in [4.69, 9.17) is 4.74 Å². The SMILES string of the molecule is CCNC(=NCc1cc(OC)ccc1O)NC1CCCN(c2ccccc2)C1. The average molecular weight is 383 g/mol. The van der Waals surface area contributed by atoms with E-state index >= 15 is 0 Å². The van der Waals surface area contributed by atoms with Gasteiger partial charge in [-0.1, -0.05) is 18.2 Å². The van der Waals surface area contributed by atoms with Crippen LogP contribution in [0.1, 0.15) is 25.3 Å². The van der Waals surface area contributed by atoms with Gasteiger partial charge in [-0.2, -0.15) is 0 Å². The standard InChI is InChI=1S/C22H30N4O2/c1-3-23-22(24-15-17-14-20(28-2)11-12-21(17)27)25-18-8-7-13-26(16-18)19-9-5-4-6-10-19/h4-6,9-12,14,18,27H,3,7-8,13,15-16H2,1-2H3,(H2,23,24,25). The Morgan fingerprint density at radius 1 is 1.25 bits per heavy atom. The van der Waals surface area contributed by atoms with Gasteiger partial charge in [-0.05, 0) is 50.1 Å². The number of methoxy groups -OCH3 is 1. The van der Waals surface area contributed by atoms with E-state index in [1.807, 2.05) is 12.1 Å². The van der Waals surface area contributed by atoms with E-state index in [0.717, 1.165) is 44.0 Å². The third kappa shape index (κ3) is 5.31. The summed E-state index contributed by atoms with van der Waals surface area (Å²) in [6.07, 6.45) is 2.25. The van der Waals surface area contributed by atoms with Crippen LogP contribution in [0.15, 0.2) is 53.5 Å². The first-order chi connectivity index (χ1) is 13.7. The first-order valence-corrected chi connectivity index (χ1v) is 9.90. The van der Waals surface area contributed by atoms with Crippen LogP contribution < -0.4 is 20.3 Å². The zero-order valence-electron chi connectivity index (χ0n) is 16.7. The number of benzene rings is 2. The second kappa shape index (κ2) is 9.88. The van der Waals surface area contributed by atoms with Crippen molar-refractivity contribution < 1.29 is 9.84 Å². The Balaban J connectivity index is 1.66. The number of guanidine groups is 1. The molecule has 1 saturated heterocycles. The molecule has 1 aliphatic heterocycles. The number of anilines is 1. The predicted molar refractivity (Wildman–Crippen MR) is 114 cm³/mol. The van der Waals surface area contributed by atoms with Gasteiger partial charge in [0.25, 0.3) is 0 Å². The molecule has 0 spiro atoms. The van der Waals surface area contributed by atoms with E-state index in [9.17, 15) is 5.11 Å². The molecular formula is C22H30N4O2. The van der Waals surface area contributed by atoms with Gasteiger partial charge in [0.1, 0.15) is 11.5 Å². The van der Waals surface area contributed by atoms with E-state index in [1.54, 1.807) is 19.2 Å². The first kappa shape index (κ1) is 19.9. The minimum absolute atomic E-state index is 0.230. The number of aromatic hydroxyl groups is 1. The van der Waals surface area contributed by atoms with Crippen molar-refractivity contribution >= 4 is 11.6 Å². The summed E-state index contributed by atoms with van der Waals surface area (Å²) in [6, 6.07) is 16.1. The van der Waals surface area contributed by atoms with Crippen LogP contribution in [0, 0.1) is 0 Å². The quantitative estimate of drug-likeness (QED) is 0.529. The molecule has 0 amide bonds. The average Bonchev–Trinajstić information content (AvgIpc) is 2.74. The van der Waals surface area contributed by atoms with Crippen LogP contribution in [0.3, 0.4) is 0 Å². The molecule has 0 bridgehead atoms. The summed E-state index contributed by atoms with van der Waals surface area (Å²) >= 11 is 0. The molecule has 0 saturated carbocycles. The number of ether oxygens (including phenoxy) is 1. The summed E-state index contributed by atoms with van der Waals surface area (Å²) in [7, 11) is 1.62. The number of para-hydroxylation sites is 1. The summed E-state index contributed by atoms with van der Waals surface area (Å²) in [4.78, 5) is 7.09. The van der Waals surface area contributed by atoms with E-state index in [-0.39, 0.29) is 5.75 Å². The number of hydrogen-bond acceptors (Lipinski definition) is 4. The topological polar surface area (TPSA) is 69.1 Å². The van der Waals surface area contributed by atoms with Crippen molar-refractivity contribution in [1.82, 2.24) is 10.6 Å². The van der Waals surface area contributed by atoms with Crippen molar-refractivity contribution in [2.75, 3.05) is 31.6 Å². The van der Waals surface area contributed by atoms with Crippen molar-refractivity contribution in [3.8, 4) is 11.5 Å². The zero-order valence-corrected chi connectivity index (χ0v) is 16.7. The Hall–Kier alpha value is -2.89. The Morgan fingerprint density at radius 2 is 2.07 bits per heavy atom. The lowest BCUT2D eigenvalue weighted by Gasteiger charge is -2.35. The molecule has 0 aliphatic carbocycles. The summed E-state index contributed by atoms with van der Waals surface area (Å²) in [6.45, 7) is 5.24. The van der Waals surface area contributed by atoms with Gasteiger partial charge in [-0.15, -0.1) is 0 Å². The number of aliphatic imine (C=N–C) groups is 1. The van der Waals surface area contributed by atoms with Gasteiger partial charge in [-0.3, -0.25) is 0 Å². The highest BCUT2D eigenvalue weighted by atomic mass is 16.5. The summed E-state index contributed by atoms with van der Waals surface area (Å²) in [5.74, 6) is 1.71. The molecule has 150 valence electrons. The maximum absolute atomic E-state index is 10.1. The van der Waals surface area contributed by atoms with Crippen LogP contribution in [0.2, 0.25) is 0 Å². The third-order valence-electron chi connectivity index (χ3n) is 4.92. The fourth-order valence-electron chi connectivity index (χ4n) is 3.46. The number of nitrogens with zero attached hydrogens (tertiary/aromatic N) is 2. The minimum Gasteiger partial charge on any atom is -0.508 e. The molecule has 1 heterocycles. The Labute approximate surface area is 167 Å². The molecule has 0 radical (unpaired) electrons. The van der Waals surface area contributed by atoms with Gasteiger partial charge in [-0.25, -0.2) is 4.99 Å². The second-order valence-corrected chi connectivity index (χ2v) is 6.95. The van der Waals surface area contributed by atoms with Gasteiger partial charge >= 0.3 is 0 Å². The summed E-state index contributed by atoms with van der Waals surface area (Å²) in [5.41, 5.74) is 2.00. The van der Waals surface area contributed by atoms with Crippen molar-refractivity contribution in [2.24, 2.45) is 4.99 Å². The van der Waals surface area contributed by atoms with Gasteiger partial charge in [0.05, 0.1) is 13.7 Å². The molecule has 1 atom stereocenters. The molecule has 3 rings (SSSR count). The minimum atomic E-state index is 0.230. The van der Waals surface area contributed by atoms with Crippen LogP contribution in [0.25, 0.3) is 0 Å². The van der Waals surface area contributed by atoms with E-state index in [0.29, 0.717) is 18.3 Å². The molecule has 3 N–H and O–H groups in total. The number of nitrogens with one attached hydrogen (secondary N) is 2. The monoisotopic (exact) mass is 382 g/mol. The molecular weight excluding hydrogens is 352 g/mol. The second-order valence-electron chi connectivity index (χ2n) is 6.95. The van der Waals surface area contributed by atoms with E-state index < -0.39 is 0 Å². The summed E-state index contributed by atoms with van der Waals surface area (Å²) < 4.78 is 5.24. The summed E-state index contributed by atoms with van der Waals surface area (Å²) in [5, 5.41) is 17.0. The maximum atomic E-state index is 10.1. The normalized spacial score (nSPS) is 17.3. The number of piperidine rings is 1. The third-order valence-corrected chi connectivity index (χ3v) is 4.92. The lowest BCUT2D eigenvalue weighted by atomic mass is 10.1. The first-order valence-electron chi connectivity index (χ1n) is 9.90. The largest absolute Gasteiger partial charge is 0.508 e. The van der Waals surface area contributed by atoms with Crippen molar-refractivity contribution in [2.45, 2.75) is 32.4 Å². The highest BCUT2D eigenvalue weighted by Crippen LogP contribution is 2.23. The van der Waals surface area contributed by atoms with Crippen molar-refractivity contribution in [1.29, 1.82) is 0 Å². The fourth-order valence-corrected chi connectivity index (χ4v) is 3.46. The molecule has 2 aromatic rings. The molecule has 28 heavy (non-hydrogen) atoms. The molecule has 0 aromatic heterocycles. The van der Waals surface area contributed by atoms with Crippen LogP contribution in [0.5, 0.6) is 11.5 Å². The van der Waals surface area contributed by atoms with Crippen molar-refractivity contribution in [3.63, 3.8) is 0 Å². The van der Waals surface area contributed by atoms with Gasteiger partial charge in [0, 0.05) is 36.9 Å². The lowest BCUT2D eigenvalue weighted by Crippen LogP contribution is -2.51. The predicted octanol–water partition coefficient (Wildman–Crippen LogP) is 3.12. The number of rotatable bonds is 6. The van der Waals surface area contributed by atoms with Gasteiger partial charge in [0.15, 0.2) is 5.96 Å². The number of phenolic OH excluding ortho intramolecular Hbond substituents is 1. The Bertz CT molecular complexity index is 779. The smallest absolute Gasteiger partial charge is 0.191 e. The molecule has 6 nitrogen and oxygen atoms in total. The lowest BCUT2D eigenvalue weighted by molar-refractivity contribution is 0.411. The molecule has 6 heteroatoms. The molecule has 1 aliphatic rings. The van der Waals surface area contributed by atoms with Crippen LogP contribution in [-0.2, 0) is 6.54 Å².